The smallest absolute Gasteiger partial charge is 0.113 e. The van der Waals surface area contributed by atoms with Crippen LogP contribution >= 0.6 is 0 Å². The molecule has 0 bridgehead atoms. The van der Waals surface area contributed by atoms with E-state index in [1.54, 1.807) is 26.3 Å². The van der Waals surface area contributed by atoms with Crippen molar-refractivity contribution < 1.29 is 4.74 Å². The van der Waals surface area contributed by atoms with Gasteiger partial charge in [0.1, 0.15) is 16.1 Å². The number of hydrogen-bond donors (Lipinski definition) is 0. The van der Waals surface area contributed by atoms with Crippen molar-refractivity contribution in [2.45, 2.75) is 32.8 Å². The van der Waals surface area contributed by atoms with E-state index in [9.17, 15) is 0 Å². The quantitative estimate of drug-likeness (QED) is 0.449. The van der Waals surface area contributed by atoms with E-state index in [1.807, 2.05) is 6.08 Å². The summed E-state index contributed by atoms with van der Waals surface area (Å²) in [5.41, 5.74) is 4.37. The van der Waals surface area contributed by atoms with Gasteiger partial charge >= 0.3 is 0 Å². The van der Waals surface area contributed by atoms with Gasteiger partial charge in [0, 0.05) is 0 Å². The Kier molecular flexibility index (Phi) is 3.80. The van der Waals surface area contributed by atoms with Gasteiger partial charge in [-0.25, -0.2) is 0 Å². The summed E-state index contributed by atoms with van der Waals surface area (Å²) in [7, 11) is -3.28. The van der Waals surface area contributed by atoms with E-state index in [4.69, 9.17) is 4.74 Å². The fourth-order valence-corrected chi connectivity index (χ4v) is 13.5. The molecule has 25 heavy (non-hydrogen) atoms. The summed E-state index contributed by atoms with van der Waals surface area (Å²) in [5.74, 6) is 0. The SMILES string of the molecule is C=CCOCc1ccc2c(c1)[Si](C)(C)C1=C2[Si](C)(C)c2ccccc21. The van der Waals surface area contributed by atoms with Crippen molar-refractivity contribution in [1.82, 2.24) is 0 Å². The van der Waals surface area contributed by atoms with Gasteiger partial charge in [0.15, 0.2) is 0 Å². The van der Waals surface area contributed by atoms with Crippen LogP contribution in [0.1, 0.15) is 16.7 Å². The molecule has 0 radical (unpaired) electrons. The first-order valence-electron chi connectivity index (χ1n) is 9.06. The van der Waals surface area contributed by atoms with Crippen LogP contribution in [0.15, 0.2) is 55.1 Å². The van der Waals surface area contributed by atoms with Gasteiger partial charge in [0.25, 0.3) is 0 Å². The van der Waals surface area contributed by atoms with E-state index < -0.39 is 16.1 Å². The Morgan fingerprint density at radius 1 is 0.880 bits per heavy atom. The number of ether oxygens (including phenoxy) is 1. The first-order chi connectivity index (χ1) is 11.9. The second kappa shape index (κ2) is 5.66. The Morgan fingerprint density at radius 3 is 2.24 bits per heavy atom. The van der Waals surface area contributed by atoms with Gasteiger partial charge in [-0.05, 0) is 37.5 Å². The molecule has 0 aromatic heterocycles. The highest BCUT2D eigenvalue weighted by Gasteiger charge is 2.51. The second-order valence-electron chi connectivity index (χ2n) is 8.23. The molecule has 4 rings (SSSR count). The average Bonchev–Trinajstić information content (AvgIpc) is 2.97. The highest BCUT2D eigenvalue weighted by molar-refractivity contribution is 7.19. The molecule has 3 heteroatoms. The molecule has 2 aliphatic heterocycles. The largest absolute Gasteiger partial charge is 0.373 e. The van der Waals surface area contributed by atoms with Crippen molar-refractivity contribution >= 4 is 36.9 Å². The van der Waals surface area contributed by atoms with Crippen LogP contribution in [0.5, 0.6) is 0 Å². The fourth-order valence-electron chi connectivity index (χ4n) is 4.76. The van der Waals surface area contributed by atoms with Crippen LogP contribution < -0.4 is 10.4 Å². The first kappa shape index (κ1) is 16.8. The average molecular weight is 363 g/mol. The summed E-state index contributed by atoms with van der Waals surface area (Å²) in [6.07, 6.45) is 1.81. The fraction of sp³-hybridized carbons (Fsp3) is 0.273. The molecule has 0 spiro atoms. The molecule has 1 nitrogen and oxygen atoms in total. The highest BCUT2D eigenvalue weighted by Crippen LogP contribution is 2.48. The normalized spacial score (nSPS) is 18.7. The van der Waals surface area contributed by atoms with Crippen LogP contribution in [0.25, 0.3) is 10.4 Å². The Labute approximate surface area is 153 Å². The van der Waals surface area contributed by atoms with Crippen molar-refractivity contribution in [3.05, 3.63) is 71.8 Å². The van der Waals surface area contributed by atoms with Crippen LogP contribution in [-0.4, -0.2) is 22.8 Å². The van der Waals surface area contributed by atoms with Gasteiger partial charge in [0.2, 0.25) is 0 Å². The lowest BCUT2D eigenvalue weighted by atomic mass is 10.1. The molecule has 128 valence electrons. The van der Waals surface area contributed by atoms with E-state index in [0.717, 1.165) is 0 Å². The van der Waals surface area contributed by atoms with Gasteiger partial charge in [0.05, 0.1) is 13.2 Å². The summed E-state index contributed by atoms with van der Waals surface area (Å²) in [6, 6.07) is 16.2. The van der Waals surface area contributed by atoms with Crippen LogP contribution in [-0.2, 0) is 11.3 Å². The Balaban J connectivity index is 1.84. The molecular formula is C22H26OSi2. The lowest BCUT2D eigenvalue weighted by Gasteiger charge is -2.26. The van der Waals surface area contributed by atoms with Crippen LogP contribution in [0.3, 0.4) is 0 Å². The third kappa shape index (κ3) is 2.30. The molecular weight excluding hydrogens is 336 g/mol. The molecule has 2 aromatic carbocycles. The summed E-state index contributed by atoms with van der Waals surface area (Å²) < 4.78 is 5.68. The van der Waals surface area contributed by atoms with E-state index >= 15 is 0 Å². The Morgan fingerprint density at radius 2 is 1.52 bits per heavy atom. The molecule has 0 amide bonds. The lowest BCUT2D eigenvalue weighted by Crippen LogP contribution is -2.45. The molecule has 0 fully saturated rings. The predicted molar refractivity (Wildman–Crippen MR) is 114 cm³/mol. The number of rotatable bonds is 4. The summed E-state index contributed by atoms with van der Waals surface area (Å²) in [4.78, 5) is 0. The van der Waals surface area contributed by atoms with Crippen molar-refractivity contribution in [2.75, 3.05) is 6.61 Å². The topological polar surface area (TPSA) is 9.23 Å². The Hall–Kier alpha value is -1.69. The minimum Gasteiger partial charge on any atom is -0.373 e. The maximum atomic E-state index is 5.68. The zero-order chi connectivity index (χ0) is 17.8. The zero-order valence-electron chi connectivity index (χ0n) is 15.6. The highest BCUT2D eigenvalue weighted by atomic mass is 28.3. The van der Waals surface area contributed by atoms with Crippen molar-refractivity contribution in [3.8, 4) is 0 Å². The van der Waals surface area contributed by atoms with Crippen molar-refractivity contribution in [3.63, 3.8) is 0 Å². The maximum absolute atomic E-state index is 5.68. The molecule has 2 heterocycles. The van der Waals surface area contributed by atoms with Gasteiger partial charge in [-0.2, -0.15) is 0 Å². The van der Waals surface area contributed by atoms with Crippen molar-refractivity contribution in [1.29, 1.82) is 0 Å². The molecule has 0 saturated heterocycles. The van der Waals surface area contributed by atoms with Crippen LogP contribution in [0.4, 0.5) is 0 Å². The van der Waals surface area contributed by atoms with Crippen LogP contribution in [0.2, 0.25) is 26.2 Å². The van der Waals surface area contributed by atoms with Crippen molar-refractivity contribution in [2.24, 2.45) is 0 Å². The first-order valence-corrected chi connectivity index (χ1v) is 15.1. The number of hydrogen-bond acceptors (Lipinski definition) is 1. The van der Waals surface area contributed by atoms with Gasteiger partial charge in [-0.15, -0.1) is 6.58 Å². The molecule has 0 unspecified atom stereocenters. The molecule has 0 aliphatic carbocycles. The number of fused-ring (bicyclic) bond motifs is 4. The monoisotopic (exact) mass is 362 g/mol. The maximum Gasteiger partial charge on any atom is 0.113 e. The minimum absolute atomic E-state index is 0.611. The second-order valence-corrected chi connectivity index (χ2v) is 16.8. The van der Waals surface area contributed by atoms with E-state index in [-0.39, 0.29) is 0 Å². The van der Waals surface area contributed by atoms with E-state index in [0.29, 0.717) is 13.2 Å². The molecule has 0 atom stereocenters. The molecule has 0 saturated carbocycles. The standard InChI is InChI=1S/C22H26OSi2/c1-6-13-23-15-16-11-12-18-20(14-16)25(4,5)21-17-9-7-8-10-19(17)24(2,3)22(18)21/h6-12,14H,1,13,15H2,2-5H3. The van der Waals surface area contributed by atoms with Crippen LogP contribution in [0, 0.1) is 0 Å². The van der Waals surface area contributed by atoms with E-state index in [2.05, 4.69) is 75.2 Å². The summed E-state index contributed by atoms with van der Waals surface area (Å²) in [6.45, 7) is 15.1. The Bertz CT molecular complexity index is 906. The minimum atomic E-state index is -1.67. The molecule has 2 aliphatic rings. The van der Waals surface area contributed by atoms with Gasteiger partial charge in [-0.3, -0.25) is 0 Å². The number of benzene rings is 2. The zero-order valence-corrected chi connectivity index (χ0v) is 17.6. The lowest BCUT2D eigenvalue weighted by molar-refractivity contribution is 0.149. The predicted octanol–water partition coefficient (Wildman–Crippen LogP) is 4.24. The third-order valence-corrected chi connectivity index (χ3v) is 13.2. The summed E-state index contributed by atoms with van der Waals surface area (Å²) >= 11 is 0. The van der Waals surface area contributed by atoms with Gasteiger partial charge < -0.3 is 4.74 Å². The molecule has 2 aromatic rings. The van der Waals surface area contributed by atoms with Gasteiger partial charge in [-0.1, -0.05) is 74.7 Å². The molecule has 0 N–H and O–H groups in total. The summed E-state index contributed by atoms with van der Waals surface area (Å²) in [5, 5.41) is 6.65. The third-order valence-electron chi connectivity index (χ3n) is 5.90. The van der Waals surface area contributed by atoms with E-state index in [1.165, 1.54) is 11.1 Å².